The molecule has 1 aromatic rings. The number of amides is 1. The van der Waals surface area contributed by atoms with E-state index in [1.807, 2.05) is 0 Å². The lowest BCUT2D eigenvalue weighted by Crippen LogP contribution is -2.44. The maximum atomic E-state index is 11.2. The smallest absolute Gasteiger partial charge is 0.288 e. The van der Waals surface area contributed by atoms with E-state index >= 15 is 0 Å². The summed E-state index contributed by atoms with van der Waals surface area (Å²) in [4.78, 5) is 15.0. The van der Waals surface area contributed by atoms with Crippen molar-refractivity contribution < 1.29 is 4.79 Å². The number of carbonyl (C=O) groups is 1. The lowest BCUT2D eigenvalue weighted by Gasteiger charge is -2.04. The molecule has 1 amide bonds. The number of hydrogen-bond acceptors (Lipinski definition) is 3. The second-order valence-electron chi connectivity index (χ2n) is 2.16. The van der Waals surface area contributed by atoms with E-state index in [0.717, 1.165) is 0 Å². The quantitative estimate of drug-likeness (QED) is 0.419. The standard InChI is InChI=1S/C7H8N4OS/c8-7(13)11-10-6(12)5-3-1-2-4-9-5/h1-4H,(H,10,12)(H3,8,11,13). The Kier molecular flexibility index (Phi) is 3.15. The van der Waals surface area contributed by atoms with Gasteiger partial charge in [0.05, 0.1) is 0 Å². The van der Waals surface area contributed by atoms with Gasteiger partial charge in [0, 0.05) is 6.20 Å². The molecule has 0 radical (unpaired) electrons. The summed E-state index contributed by atoms with van der Waals surface area (Å²) in [6.07, 6.45) is 1.52. The van der Waals surface area contributed by atoms with Gasteiger partial charge in [0.1, 0.15) is 5.69 Å². The molecule has 0 spiro atoms. The first-order valence-electron chi connectivity index (χ1n) is 3.47. The number of hydrazine groups is 1. The normalized spacial score (nSPS) is 8.92. The van der Waals surface area contributed by atoms with Crippen LogP contribution in [0.5, 0.6) is 0 Å². The Morgan fingerprint density at radius 3 is 2.77 bits per heavy atom. The van der Waals surface area contributed by atoms with Crippen LogP contribution in [0.4, 0.5) is 0 Å². The van der Waals surface area contributed by atoms with Gasteiger partial charge >= 0.3 is 0 Å². The van der Waals surface area contributed by atoms with Crippen LogP contribution in [0.1, 0.15) is 10.5 Å². The molecule has 0 saturated heterocycles. The highest BCUT2D eigenvalue weighted by Crippen LogP contribution is 1.90. The predicted octanol–water partition coefficient (Wildman–Crippen LogP) is -0.440. The van der Waals surface area contributed by atoms with Crippen LogP contribution in [0.25, 0.3) is 0 Å². The fraction of sp³-hybridized carbons (Fsp3) is 0. The molecule has 1 heterocycles. The number of nitrogens with two attached hydrogens (primary N) is 1. The number of aromatic nitrogens is 1. The Bertz CT molecular complexity index is 314. The Labute approximate surface area is 80.3 Å². The summed E-state index contributed by atoms with van der Waals surface area (Å²) in [7, 11) is 0. The molecule has 68 valence electrons. The van der Waals surface area contributed by atoms with E-state index in [1.54, 1.807) is 18.2 Å². The fourth-order valence-electron chi connectivity index (χ4n) is 0.679. The molecule has 0 unspecified atom stereocenters. The van der Waals surface area contributed by atoms with Crippen molar-refractivity contribution >= 4 is 23.2 Å². The Morgan fingerprint density at radius 2 is 2.23 bits per heavy atom. The molecular weight excluding hydrogens is 188 g/mol. The lowest BCUT2D eigenvalue weighted by atomic mass is 10.3. The molecule has 0 fully saturated rings. The number of nitrogens with zero attached hydrogens (tertiary/aromatic N) is 1. The summed E-state index contributed by atoms with van der Waals surface area (Å²) in [6, 6.07) is 5.01. The van der Waals surface area contributed by atoms with Gasteiger partial charge in [0.25, 0.3) is 5.91 Å². The molecule has 1 rings (SSSR count). The minimum Gasteiger partial charge on any atom is -0.375 e. The van der Waals surface area contributed by atoms with Crippen LogP contribution < -0.4 is 16.6 Å². The van der Waals surface area contributed by atoms with Gasteiger partial charge < -0.3 is 5.73 Å². The zero-order valence-corrected chi connectivity index (χ0v) is 7.47. The van der Waals surface area contributed by atoms with Crippen LogP contribution in [0.2, 0.25) is 0 Å². The lowest BCUT2D eigenvalue weighted by molar-refractivity contribution is 0.0939. The monoisotopic (exact) mass is 196 g/mol. The van der Waals surface area contributed by atoms with E-state index in [0.29, 0.717) is 5.69 Å². The van der Waals surface area contributed by atoms with Gasteiger partial charge in [-0.1, -0.05) is 6.07 Å². The molecule has 6 heteroatoms. The van der Waals surface area contributed by atoms with E-state index in [1.165, 1.54) is 6.20 Å². The van der Waals surface area contributed by atoms with Crippen molar-refractivity contribution in [2.24, 2.45) is 5.73 Å². The molecule has 0 saturated carbocycles. The number of thiocarbonyl (C=S) groups is 1. The molecular formula is C7H8N4OS. The third-order valence-electron chi connectivity index (χ3n) is 1.20. The Balaban J connectivity index is 2.54. The number of pyridine rings is 1. The molecule has 5 nitrogen and oxygen atoms in total. The van der Waals surface area contributed by atoms with Gasteiger partial charge in [0.15, 0.2) is 5.11 Å². The average molecular weight is 196 g/mol. The molecule has 0 aliphatic carbocycles. The number of hydrogen-bond donors (Lipinski definition) is 3. The molecule has 0 aliphatic heterocycles. The van der Waals surface area contributed by atoms with Gasteiger partial charge in [-0.15, -0.1) is 0 Å². The number of rotatable bonds is 1. The highest BCUT2D eigenvalue weighted by Gasteiger charge is 2.04. The average Bonchev–Trinajstić information content (AvgIpc) is 2.15. The highest BCUT2D eigenvalue weighted by molar-refractivity contribution is 7.80. The van der Waals surface area contributed by atoms with Crippen LogP contribution in [0.15, 0.2) is 24.4 Å². The van der Waals surface area contributed by atoms with E-state index in [-0.39, 0.29) is 11.0 Å². The summed E-state index contributed by atoms with van der Waals surface area (Å²) in [5, 5.41) is 0.00396. The van der Waals surface area contributed by atoms with E-state index in [4.69, 9.17) is 5.73 Å². The second kappa shape index (κ2) is 4.36. The van der Waals surface area contributed by atoms with Crippen molar-refractivity contribution in [3.05, 3.63) is 30.1 Å². The summed E-state index contributed by atoms with van der Waals surface area (Å²) in [6.45, 7) is 0. The topological polar surface area (TPSA) is 80.0 Å². The molecule has 0 aromatic carbocycles. The molecule has 1 aromatic heterocycles. The van der Waals surface area contributed by atoms with Gasteiger partial charge in [-0.25, -0.2) is 0 Å². The summed E-state index contributed by atoms with van der Waals surface area (Å²) < 4.78 is 0. The van der Waals surface area contributed by atoms with Crippen LogP contribution >= 0.6 is 12.2 Å². The molecule has 0 atom stereocenters. The van der Waals surface area contributed by atoms with Gasteiger partial charge in [-0.2, -0.15) is 0 Å². The van der Waals surface area contributed by atoms with E-state index < -0.39 is 0 Å². The van der Waals surface area contributed by atoms with Crippen LogP contribution in [-0.4, -0.2) is 16.0 Å². The second-order valence-corrected chi connectivity index (χ2v) is 2.60. The predicted molar refractivity (Wildman–Crippen MR) is 51.6 cm³/mol. The largest absolute Gasteiger partial charge is 0.375 e. The minimum absolute atomic E-state index is 0.00396. The van der Waals surface area contributed by atoms with Crippen LogP contribution in [0, 0.1) is 0 Å². The van der Waals surface area contributed by atoms with Gasteiger partial charge in [0.2, 0.25) is 0 Å². The van der Waals surface area contributed by atoms with Crippen LogP contribution in [0.3, 0.4) is 0 Å². The highest BCUT2D eigenvalue weighted by atomic mass is 32.1. The maximum Gasteiger partial charge on any atom is 0.288 e. The molecule has 13 heavy (non-hydrogen) atoms. The van der Waals surface area contributed by atoms with Crippen molar-refractivity contribution in [2.45, 2.75) is 0 Å². The minimum atomic E-state index is -0.381. The number of carbonyl (C=O) groups excluding carboxylic acids is 1. The summed E-state index contributed by atoms with van der Waals surface area (Å²) in [5.41, 5.74) is 10.00. The Morgan fingerprint density at radius 1 is 1.46 bits per heavy atom. The first-order chi connectivity index (χ1) is 6.20. The van der Waals surface area contributed by atoms with Crippen molar-refractivity contribution in [3.63, 3.8) is 0 Å². The first kappa shape index (κ1) is 9.40. The van der Waals surface area contributed by atoms with E-state index in [9.17, 15) is 4.79 Å². The third-order valence-corrected chi connectivity index (χ3v) is 1.30. The molecule has 4 N–H and O–H groups in total. The number of nitrogens with one attached hydrogen (secondary N) is 2. The fourth-order valence-corrected chi connectivity index (χ4v) is 0.731. The van der Waals surface area contributed by atoms with E-state index in [2.05, 4.69) is 28.1 Å². The molecule has 0 bridgehead atoms. The zero-order valence-electron chi connectivity index (χ0n) is 6.65. The summed E-state index contributed by atoms with van der Waals surface area (Å²) in [5.74, 6) is -0.381. The van der Waals surface area contributed by atoms with Crippen LogP contribution in [-0.2, 0) is 0 Å². The van der Waals surface area contributed by atoms with Crippen molar-refractivity contribution in [1.82, 2.24) is 15.8 Å². The Hall–Kier alpha value is -1.69. The zero-order chi connectivity index (χ0) is 9.68. The third kappa shape index (κ3) is 3.04. The maximum absolute atomic E-state index is 11.2. The first-order valence-corrected chi connectivity index (χ1v) is 3.88. The molecule has 0 aliphatic rings. The SMILES string of the molecule is NC(=S)NNC(=O)c1ccccn1. The van der Waals surface area contributed by atoms with Crippen molar-refractivity contribution in [1.29, 1.82) is 0 Å². The van der Waals surface area contributed by atoms with Crippen molar-refractivity contribution in [2.75, 3.05) is 0 Å². The summed E-state index contributed by atoms with van der Waals surface area (Å²) >= 11 is 4.50. The van der Waals surface area contributed by atoms with Gasteiger partial charge in [-0.05, 0) is 24.4 Å². The van der Waals surface area contributed by atoms with Crippen molar-refractivity contribution in [3.8, 4) is 0 Å². The van der Waals surface area contributed by atoms with Gasteiger partial charge in [-0.3, -0.25) is 20.6 Å².